The van der Waals surface area contributed by atoms with Crippen molar-refractivity contribution in [1.29, 1.82) is 0 Å². The van der Waals surface area contributed by atoms with Crippen molar-refractivity contribution in [2.75, 3.05) is 0 Å². The van der Waals surface area contributed by atoms with E-state index in [0.717, 1.165) is 23.3 Å². The second kappa shape index (κ2) is 11.5. The van der Waals surface area contributed by atoms with Gasteiger partial charge in [0, 0.05) is 10.6 Å². The molecule has 0 aliphatic rings. The van der Waals surface area contributed by atoms with Crippen LogP contribution in [0, 0.1) is 5.92 Å². The lowest BCUT2D eigenvalue weighted by atomic mass is 9.88. The summed E-state index contributed by atoms with van der Waals surface area (Å²) in [6.45, 7) is 6.09. The predicted octanol–water partition coefficient (Wildman–Crippen LogP) is 8.12. The van der Waals surface area contributed by atoms with E-state index in [-0.39, 0.29) is 17.8 Å². The Balaban J connectivity index is 1.84. The van der Waals surface area contributed by atoms with Gasteiger partial charge in [-0.2, -0.15) is 0 Å². The minimum Gasteiger partial charge on any atom is -0.457 e. The Morgan fingerprint density at radius 1 is 0.906 bits per heavy atom. The molecule has 32 heavy (non-hydrogen) atoms. The number of benzene rings is 3. The van der Waals surface area contributed by atoms with Crippen molar-refractivity contribution < 1.29 is 14.3 Å². The van der Waals surface area contributed by atoms with E-state index < -0.39 is 6.10 Å². The molecule has 0 saturated heterocycles. The second-order valence-corrected chi connectivity index (χ2v) is 8.39. The minimum atomic E-state index is -0.504. The van der Waals surface area contributed by atoms with E-state index in [1.54, 1.807) is 12.1 Å². The van der Waals surface area contributed by atoms with Crippen LogP contribution < -0.4 is 4.74 Å². The van der Waals surface area contributed by atoms with Crippen LogP contribution in [0.4, 0.5) is 0 Å². The Kier molecular flexibility index (Phi) is 8.52. The quantitative estimate of drug-likeness (QED) is 0.245. The van der Waals surface area contributed by atoms with Gasteiger partial charge in [-0.25, -0.2) is 0 Å². The summed E-state index contributed by atoms with van der Waals surface area (Å²) in [6, 6.07) is 24.7. The zero-order valence-corrected chi connectivity index (χ0v) is 19.5. The largest absolute Gasteiger partial charge is 0.457 e. The number of para-hydroxylation sites is 1. The van der Waals surface area contributed by atoms with Gasteiger partial charge >= 0.3 is 5.97 Å². The van der Waals surface area contributed by atoms with Crippen molar-refractivity contribution in [3.8, 4) is 11.5 Å². The van der Waals surface area contributed by atoms with Gasteiger partial charge in [-0.1, -0.05) is 80.9 Å². The molecule has 0 aromatic heterocycles. The highest BCUT2D eigenvalue weighted by Gasteiger charge is 2.28. The average molecular weight is 449 g/mol. The fourth-order valence-corrected chi connectivity index (χ4v) is 3.65. The minimum absolute atomic E-state index is 0.0761. The first kappa shape index (κ1) is 23.6. The summed E-state index contributed by atoms with van der Waals surface area (Å²) >= 11 is 6.03. The van der Waals surface area contributed by atoms with Gasteiger partial charge in [0.2, 0.25) is 0 Å². The zero-order valence-electron chi connectivity index (χ0n) is 18.7. The Morgan fingerprint density at radius 2 is 1.59 bits per heavy atom. The maximum atomic E-state index is 13.3. The third-order valence-corrected chi connectivity index (χ3v) is 5.36. The van der Waals surface area contributed by atoms with Gasteiger partial charge in [0.15, 0.2) is 0 Å². The van der Waals surface area contributed by atoms with E-state index in [4.69, 9.17) is 21.1 Å². The highest BCUT2D eigenvalue weighted by atomic mass is 35.5. The van der Waals surface area contributed by atoms with Crippen LogP contribution in [-0.4, -0.2) is 5.97 Å². The van der Waals surface area contributed by atoms with E-state index in [9.17, 15) is 4.79 Å². The van der Waals surface area contributed by atoms with Crippen molar-refractivity contribution in [3.63, 3.8) is 0 Å². The standard InChI is InChI=1S/C28H29ClO3/c1-4-5-14-26(22-10-9-13-25(19-22)31-24-11-7-6-8-12-24)32-28(30)27(20(2)3)21-15-17-23(29)18-16-21/h5-20,26-27H,4H2,1-3H3/b14-5+. The van der Waals surface area contributed by atoms with Crippen LogP contribution in [0.3, 0.4) is 0 Å². The molecule has 0 aliphatic carbocycles. The molecule has 0 heterocycles. The van der Waals surface area contributed by atoms with Crippen molar-refractivity contribution in [1.82, 2.24) is 0 Å². The van der Waals surface area contributed by atoms with Crippen LogP contribution in [-0.2, 0) is 9.53 Å². The third kappa shape index (κ3) is 6.48. The lowest BCUT2D eigenvalue weighted by Gasteiger charge is -2.23. The van der Waals surface area contributed by atoms with Gasteiger partial charge in [-0.3, -0.25) is 4.79 Å². The molecule has 3 aromatic rings. The molecule has 3 rings (SSSR count). The first-order valence-electron chi connectivity index (χ1n) is 10.9. The number of ether oxygens (including phenoxy) is 2. The van der Waals surface area contributed by atoms with E-state index in [2.05, 4.69) is 6.92 Å². The average Bonchev–Trinajstić information content (AvgIpc) is 2.79. The number of esters is 1. The zero-order chi connectivity index (χ0) is 22.9. The molecule has 0 bridgehead atoms. The molecule has 2 unspecified atom stereocenters. The number of carbonyl (C=O) groups excluding carboxylic acids is 1. The first-order chi connectivity index (χ1) is 15.5. The monoisotopic (exact) mass is 448 g/mol. The molecule has 0 N–H and O–H groups in total. The molecule has 0 amide bonds. The number of allylic oxidation sites excluding steroid dienone is 1. The summed E-state index contributed by atoms with van der Waals surface area (Å²) in [5.74, 6) is 0.880. The van der Waals surface area contributed by atoms with Crippen molar-refractivity contribution in [2.24, 2.45) is 5.92 Å². The van der Waals surface area contributed by atoms with Crippen LogP contribution in [0.5, 0.6) is 11.5 Å². The molecule has 0 radical (unpaired) electrons. The number of halogens is 1. The second-order valence-electron chi connectivity index (χ2n) is 7.95. The summed E-state index contributed by atoms with van der Waals surface area (Å²) < 4.78 is 12.0. The van der Waals surface area contributed by atoms with Crippen LogP contribution in [0.25, 0.3) is 0 Å². The van der Waals surface area contributed by atoms with Gasteiger partial charge in [0.1, 0.15) is 17.6 Å². The first-order valence-corrected chi connectivity index (χ1v) is 11.3. The fraction of sp³-hybridized carbons (Fsp3) is 0.250. The fourth-order valence-electron chi connectivity index (χ4n) is 3.52. The molecule has 0 spiro atoms. The Labute approximate surface area is 195 Å². The highest BCUT2D eigenvalue weighted by Crippen LogP contribution is 2.32. The summed E-state index contributed by atoms with van der Waals surface area (Å²) in [5.41, 5.74) is 1.75. The highest BCUT2D eigenvalue weighted by molar-refractivity contribution is 6.30. The maximum absolute atomic E-state index is 13.3. The van der Waals surface area contributed by atoms with E-state index in [0.29, 0.717) is 10.8 Å². The van der Waals surface area contributed by atoms with Crippen LogP contribution >= 0.6 is 11.6 Å². The van der Waals surface area contributed by atoms with E-state index in [1.165, 1.54) is 0 Å². The molecule has 0 fully saturated rings. The Morgan fingerprint density at radius 3 is 2.25 bits per heavy atom. The van der Waals surface area contributed by atoms with Gasteiger partial charge in [0.25, 0.3) is 0 Å². The lowest BCUT2D eigenvalue weighted by Crippen LogP contribution is -2.22. The Hall–Kier alpha value is -3.04. The van der Waals surface area contributed by atoms with Crippen molar-refractivity contribution >= 4 is 17.6 Å². The molecule has 166 valence electrons. The summed E-state index contributed by atoms with van der Waals surface area (Å²) in [5, 5.41) is 0.642. The van der Waals surface area contributed by atoms with Crippen LogP contribution in [0.1, 0.15) is 50.3 Å². The van der Waals surface area contributed by atoms with Gasteiger partial charge < -0.3 is 9.47 Å². The topological polar surface area (TPSA) is 35.5 Å². The third-order valence-electron chi connectivity index (χ3n) is 5.10. The smallest absolute Gasteiger partial charge is 0.314 e. The molecule has 0 saturated carbocycles. The van der Waals surface area contributed by atoms with E-state index >= 15 is 0 Å². The molecule has 3 aromatic carbocycles. The van der Waals surface area contributed by atoms with Crippen LogP contribution in [0.15, 0.2) is 91.0 Å². The SMILES string of the molecule is CC/C=C/C(OC(=O)C(c1ccc(Cl)cc1)C(C)C)c1cccc(Oc2ccccc2)c1. The summed E-state index contributed by atoms with van der Waals surface area (Å²) in [4.78, 5) is 13.3. The number of carbonyl (C=O) groups is 1. The normalized spacial score (nSPS) is 13.2. The molecular weight excluding hydrogens is 420 g/mol. The number of rotatable bonds is 9. The molecule has 2 atom stereocenters. The Bertz CT molecular complexity index is 1030. The number of hydrogen-bond acceptors (Lipinski definition) is 3. The molecular formula is C28H29ClO3. The number of hydrogen-bond donors (Lipinski definition) is 0. The van der Waals surface area contributed by atoms with Crippen molar-refractivity contribution in [2.45, 2.75) is 39.2 Å². The van der Waals surface area contributed by atoms with Gasteiger partial charge in [0.05, 0.1) is 5.92 Å². The summed E-state index contributed by atoms with van der Waals surface area (Å²) in [6.07, 6.45) is 4.28. The van der Waals surface area contributed by atoms with Crippen LogP contribution in [0.2, 0.25) is 5.02 Å². The predicted molar refractivity (Wildman–Crippen MR) is 130 cm³/mol. The van der Waals surface area contributed by atoms with Gasteiger partial charge in [-0.05, 0) is 60.4 Å². The van der Waals surface area contributed by atoms with Crippen molar-refractivity contribution in [3.05, 3.63) is 107 Å². The molecule has 0 aliphatic heterocycles. The molecule has 3 nitrogen and oxygen atoms in total. The van der Waals surface area contributed by atoms with E-state index in [1.807, 2.05) is 92.7 Å². The summed E-state index contributed by atoms with van der Waals surface area (Å²) in [7, 11) is 0. The lowest BCUT2D eigenvalue weighted by molar-refractivity contribution is -0.150. The van der Waals surface area contributed by atoms with Gasteiger partial charge in [-0.15, -0.1) is 0 Å². The molecule has 4 heteroatoms. The maximum Gasteiger partial charge on any atom is 0.314 e.